The van der Waals surface area contributed by atoms with Crippen molar-refractivity contribution >= 4 is 17.7 Å². The van der Waals surface area contributed by atoms with Crippen LogP contribution >= 0.6 is 11.8 Å². The molecule has 1 N–H and O–H groups in total. The predicted octanol–water partition coefficient (Wildman–Crippen LogP) is 3.31. The van der Waals surface area contributed by atoms with E-state index in [4.69, 9.17) is 0 Å². The molecule has 1 aromatic rings. The molecule has 0 aliphatic rings. The summed E-state index contributed by atoms with van der Waals surface area (Å²) in [5.41, 5.74) is 2.02. The van der Waals surface area contributed by atoms with E-state index < -0.39 is 5.97 Å². The highest BCUT2D eigenvalue weighted by Gasteiger charge is 2.20. The number of carbonyl (C=O) groups is 1. The highest BCUT2D eigenvalue weighted by Crippen LogP contribution is 2.24. The quantitative estimate of drug-likeness (QED) is 0.773. The summed E-state index contributed by atoms with van der Waals surface area (Å²) < 4.78 is 0. The van der Waals surface area contributed by atoms with Crippen molar-refractivity contribution in [2.24, 2.45) is 0 Å². The van der Waals surface area contributed by atoms with Crippen LogP contribution in [-0.4, -0.2) is 22.6 Å². The minimum atomic E-state index is -0.717. The minimum absolute atomic E-state index is 0.361. The van der Waals surface area contributed by atoms with Gasteiger partial charge in [0.1, 0.15) is 0 Å². The maximum atomic E-state index is 11.2. The Morgan fingerprint density at radius 3 is 2.69 bits per heavy atom. The van der Waals surface area contributed by atoms with Gasteiger partial charge in [-0.25, -0.2) is 0 Å². The Balaban J connectivity index is 2.78. The molecule has 16 heavy (non-hydrogen) atoms. The van der Waals surface area contributed by atoms with E-state index >= 15 is 0 Å². The number of hydrogen-bond acceptors (Lipinski definition) is 2. The van der Waals surface area contributed by atoms with E-state index in [0.717, 1.165) is 22.6 Å². The van der Waals surface area contributed by atoms with Crippen molar-refractivity contribution in [1.29, 1.82) is 0 Å². The van der Waals surface area contributed by atoms with Gasteiger partial charge in [-0.05, 0) is 36.0 Å². The topological polar surface area (TPSA) is 37.3 Å². The van der Waals surface area contributed by atoms with Crippen molar-refractivity contribution < 1.29 is 9.90 Å². The average Bonchev–Trinajstić information content (AvgIpc) is 2.25. The molecule has 0 saturated carbocycles. The number of thioether (sulfide) groups is 1. The molecule has 0 aliphatic heterocycles. The summed E-state index contributed by atoms with van der Waals surface area (Å²) in [6.45, 7) is 4.06. The van der Waals surface area contributed by atoms with E-state index in [0.29, 0.717) is 6.42 Å². The molecular weight excluding hydrogens is 220 g/mol. The van der Waals surface area contributed by atoms with Crippen molar-refractivity contribution in [3.63, 3.8) is 0 Å². The first-order valence-corrected chi connectivity index (χ1v) is 6.68. The second kappa shape index (κ2) is 6.59. The molecule has 0 aromatic heterocycles. The lowest BCUT2D eigenvalue weighted by atomic mass is 9.93. The summed E-state index contributed by atoms with van der Waals surface area (Å²) in [5, 5.41) is 9.24. The van der Waals surface area contributed by atoms with Gasteiger partial charge in [0.25, 0.3) is 0 Å². The monoisotopic (exact) mass is 238 g/mol. The summed E-state index contributed by atoms with van der Waals surface area (Å²) in [5.74, 6) is 0.869. The van der Waals surface area contributed by atoms with Gasteiger partial charge in [0, 0.05) is 0 Å². The molecule has 0 bridgehead atoms. The Kier molecular flexibility index (Phi) is 5.39. The lowest BCUT2D eigenvalue weighted by Gasteiger charge is -2.14. The number of benzene rings is 1. The van der Waals surface area contributed by atoms with Gasteiger partial charge in [-0.2, -0.15) is 11.8 Å². The maximum Gasteiger partial charge on any atom is 0.311 e. The molecule has 1 rings (SSSR count). The fourth-order valence-corrected chi connectivity index (χ4v) is 2.43. The molecule has 3 heteroatoms. The van der Waals surface area contributed by atoms with Crippen molar-refractivity contribution in [3.8, 4) is 0 Å². The van der Waals surface area contributed by atoms with Crippen molar-refractivity contribution in [3.05, 3.63) is 35.4 Å². The van der Waals surface area contributed by atoms with E-state index in [9.17, 15) is 9.90 Å². The average molecular weight is 238 g/mol. The van der Waals surface area contributed by atoms with Crippen LogP contribution in [0.2, 0.25) is 0 Å². The predicted molar refractivity (Wildman–Crippen MR) is 69.2 cm³/mol. The third-order valence-electron chi connectivity index (χ3n) is 2.62. The van der Waals surface area contributed by atoms with E-state index in [2.05, 4.69) is 6.92 Å². The SMILES string of the molecule is CCSCCC(C(=O)O)c1ccccc1C. The molecule has 1 atom stereocenters. The van der Waals surface area contributed by atoms with Crippen LogP contribution in [0.3, 0.4) is 0 Å². The second-order valence-corrected chi connectivity index (χ2v) is 5.13. The molecule has 0 amide bonds. The number of rotatable bonds is 6. The smallest absolute Gasteiger partial charge is 0.311 e. The Bertz CT molecular complexity index is 350. The van der Waals surface area contributed by atoms with E-state index in [1.165, 1.54) is 0 Å². The Hall–Kier alpha value is -0.960. The molecule has 1 aromatic carbocycles. The van der Waals surface area contributed by atoms with Crippen LogP contribution in [0.5, 0.6) is 0 Å². The van der Waals surface area contributed by atoms with E-state index in [-0.39, 0.29) is 5.92 Å². The molecule has 0 spiro atoms. The zero-order valence-corrected chi connectivity index (χ0v) is 10.6. The first-order chi connectivity index (χ1) is 7.66. The van der Waals surface area contributed by atoms with Gasteiger partial charge in [0.15, 0.2) is 0 Å². The van der Waals surface area contributed by atoms with Gasteiger partial charge < -0.3 is 5.11 Å². The van der Waals surface area contributed by atoms with Crippen molar-refractivity contribution in [2.75, 3.05) is 11.5 Å². The van der Waals surface area contributed by atoms with Crippen LogP contribution in [0.1, 0.15) is 30.4 Å². The fourth-order valence-electron chi connectivity index (χ4n) is 1.74. The first kappa shape index (κ1) is 13.1. The summed E-state index contributed by atoms with van der Waals surface area (Å²) >= 11 is 1.79. The first-order valence-electron chi connectivity index (χ1n) is 5.53. The molecule has 0 heterocycles. The van der Waals surface area contributed by atoms with Crippen LogP contribution in [0.4, 0.5) is 0 Å². The molecule has 2 nitrogen and oxygen atoms in total. The Morgan fingerprint density at radius 2 is 2.12 bits per heavy atom. The number of carboxylic acid groups (broad SMARTS) is 1. The zero-order valence-electron chi connectivity index (χ0n) is 9.77. The minimum Gasteiger partial charge on any atom is -0.481 e. The lowest BCUT2D eigenvalue weighted by molar-refractivity contribution is -0.138. The highest BCUT2D eigenvalue weighted by molar-refractivity contribution is 7.99. The van der Waals surface area contributed by atoms with Gasteiger partial charge >= 0.3 is 5.97 Å². The van der Waals surface area contributed by atoms with Gasteiger partial charge in [-0.15, -0.1) is 0 Å². The van der Waals surface area contributed by atoms with Crippen LogP contribution in [0.25, 0.3) is 0 Å². The van der Waals surface area contributed by atoms with E-state index in [1.54, 1.807) is 11.8 Å². The number of aryl methyl sites for hydroxylation is 1. The van der Waals surface area contributed by atoms with Gasteiger partial charge in [-0.3, -0.25) is 4.79 Å². The Morgan fingerprint density at radius 1 is 1.44 bits per heavy atom. The normalized spacial score (nSPS) is 12.4. The maximum absolute atomic E-state index is 11.2. The highest BCUT2D eigenvalue weighted by atomic mass is 32.2. The van der Waals surface area contributed by atoms with Crippen molar-refractivity contribution in [2.45, 2.75) is 26.2 Å². The van der Waals surface area contributed by atoms with Crippen LogP contribution in [-0.2, 0) is 4.79 Å². The molecule has 1 unspecified atom stereocenters. The summed E-state index contributed by atoms with van der Waals surface area (Å²) in [4.78, 5) is 11.2. The van der Waals surface area contributed by atoms with Crippen LogP contribution in [0, 0.1) is 6.92 Å². The summed E-state index contributed by atoms with van der Waals surface area (Å²) in [7, 11) is 0. The van der Waals surface area contributed by atoms with Gasteiger partial charge in [0.2, 0.25) is 0 Å². The number of carboxylic acids is 1. The van der Waals surface area contributed by atoms with Gasteiger partial charge in [0.05, 0.1) is 5.92 Å². The number of hydrogen-bond donors (Lipinski definition) is 1. The second-order valence-electron chi connectivity index (χ2n) is 3.73. The molecule has 0 saturated heterocycles. The van der Waals surface area contributed by atoms with Crippen LogP contribution in [0.15, 0.2) is 24.3 Å². The molecular formula is C13H18O2S. The standard InChI is InChI=1S/C13H18O2S/c1-3-16-9-8-12(13(14)15)11-7-5-4-6-10(11)2/h4-7,12H,3,8-9H2,1-2H3,(H,14,15). The van der Waals surface area contributed by atoms with Gasteiger partial charge in [-0.1, -0.05) is 31.2 Å². The fraction of sp³-hybridized carbons (Fsp3) is 0.462. The Labute approximate surface area is 101 Å². The molecule has 0 radical (unpaired) electrons. The lowest BCUT2D eigenvalue weighted by Crippen LogP contribution is -2.13. The van der Waals surface area contributed by atoms with E-state index in [1.807, 2.05) is 31.2 Å². The number of aliphatic carboxylic acids is 1. The van der Waals surface area contributed by atoms with Crippen molar-refractivity contribution in [1.82, 2.24) is 0 Å². The molecule has 0 aliphatic carbocycles. The third-order valence-corrected chi connectivity index (χ3v) is 3.55. The summed E-state index contributed by atoms with van der Waals surface area (Å²) in [6, 6.07) is 7.74. The largest absolute Gasteiger partial charge is 0.481 e. The molecule has 0 fully saturated rings. The molecule has 88 valence electrons. The third kappa shape index (κ3) is 3.56. The van der Waals surface area contributed by atoms with Crippen LogP contribution < -0.4 is 0 Å². The zero-order chi connectivity index (χ0) is 12.0. The summed E-state index contributed by atoms with van der Waals surface area (Å²) in [6.07, 6.45) is 0.707.